The van der Waals surface area contributed by atoms with E-state index in [2.05, 4.69) is 13.8 Å². The Kier molecular flexibility index (Phi) is 5.37. The van der Waals surface area contributed by atoms with Crippen molar-refractivity contribution in [1.82, 2.24) is 0 Å². The first kappa shape index (κ1) is 20.3. The molecular formula is C23H36O5. The van der Waals surface area contributed by atoms with E-state index >= 15 is 0 Å². The quantitative estimate of drug-likeness (QED) is 0.683. The molecule has 5 nitrogen and oxygen atoms in total. The zero-order chi connectivity index (χ0) is 20.2. The van der Waals surface area contributed by atoms with Gasteiger partial charge in [0.15, 0.2) is 5.78 Å². The van der Waals surface area contributed by atoms with Gasteiger partial charge in [-0.25, -0.2) is 0 Å². The molecule has 4 aliphatic rings. The zero-order valence-electron chi connectivity index (χ0n) is 17.2. The smallest absolute Gasteiger partial charge is 0.303 e. The van der Waals surface area contributed by atoms with Crippen LogP contribution in [0.15, 0.2) is 0 Å². The summed E-state index contributed by atoms with van der Waals surface area (Å²) in [6, 6.07) is 0. The SMILES string of the molecule is CC(CCC(=O)O)C1CC[C@@H]2[C@@H]1C(O)C(=O)[C@H]1[C@H]2CCC2CC(O)CC[C@@]21C. The third kappa shape index (κ3) is 3.13. The van der Waals surface area contributed by atoms with Crippen LogP contribution in [0.5, 0.6) is 0 Å². The lowest BCUT2D eigenvalue weighted by molar-refractivity contribution is -0.171. The Morgan fingerprint density at radius 3 is 2.57 bits per heavy atom. The molecule has 10 atom stereocenters. The van der Waals surface area contributed by atoms with Gasteiger partial charge in [-0.15, -0.1) is 0 Å². The number of hydrogen-bond donors (Lipinski definition) is 3. The summed E-state index contributed by atoms with van der Waals surface area (Å²) in [7, 11) is 0. The van der Waals surface area contributed by atoms with Crippen molar-refractivity contribution in [3.8, 4) is 0 Å². The summed E-state index contributed by atoms with van der Waals surface area (Å²) in [6.07, 6.45) is 6.27. The van der Waals surface area contributed by atoms with Gasteiger partial charge in [0.05, 0.1) is 6.10 Å². The second-order valence-electron chi connectivity index (χ2n) is 10.6. The molecular weight excluding hydrogens is 356 g/mol. The molecule has 0 saturated heterocycles. The molecule has 4 rings (SSSR count). The summed E-state index contributed by atoms with van der Waals surface area (Å²) < 4.78 is 0. The molecule has 3 N–H and O–H groups in total. The number of hydrogen-bond acceptors (Lipinski definition) is 4. The summed E-state index contributed by atoms with van der Waals surface area (Å²) in [5.41, 5.74) is -0.0851. The van der Waals surface area contributed by atoms with Gasteiger partial charge in [0.2, 0.25) is 0 Å². The van der Waals surface area contributed by atoms with E-state index in [0.29, 0.717) is 24.2 Å². The van der Waals surface area contributed by atoms with E-state index in [0.717, 1.165) is 44.9 Å². The number of rotatable bonds is 4. The molecule has 0 heterocycles. The molecule has 0 aromatic rings. The predicted octanol–water partition coefficient (Wildman–Crippen LogP) is 3.27. The van der Waals surface area contributed by atoms with Crippen LogP contribution in [0.4, 0.5) is 0 Å². The van der Waals surface area contributed by atoms with E-state index in [1.807, 2.05) is 0 Å². The Morgan fingerprint density at radius 2 is 1.86 bits per heavy atom. The van der Waals surface area contributed by atoms with Gasteiger partial charge >= 0.3 is 5.97 Å². The molecule has 158 valence electrons. The molecule has 0 aromatic heterocycles. The van der Waals surface area contributed by atoms with Crippen LogP contribution in [-0.4, -0.2) is 39.3 Å². The number of aliphatic hydroxyl groups is 2. The molecule has 0 amide bonds. The first-order valence-corrected chi connectivity index (χ1v) is 11.4. The summed E-state index contributed by atoms with van der Waals surface area (Å²) in [5, 5.41) is 30.3. The molecule has 4 fully saturated rings. The molecule has 0 spiro atoms. The number of fused-ring (bicyclic) bond motifs is 5. The van der Waals surface area contributed by atoms with Crippen molar-refractivity contribution in [3.63, 3.8) is 0 Å². The summed E-state index contributed by atoms with van der Waals surface area (Å²) >= 11 is 0. The maximum Gasteiger partial charge on any atom is 0.303 e. The fourth-order valence-electron chi connectivity index (χ4n) is 7.96. The van der Waals surface area contributed by atoms with E-state index in [-0.39, 0.29) is 47.4 Å². The highest BCUT2D eigenvalue weighted by Gasteiger charge is 2.62. The number of aliphatic hydroxyl groups excluding tert-OH is 2. The molecule has 5 unspecified atom stereocenters. The van der Waals surface area contributed by atoms with E-state index in [1.54, 1.807) is 0 Å². The summed E-state index contributed by atoms with van der Waals surface area (Å²) in [6.45, 7) is 4.34. The van der Waals surface area contributed by atoms with Crippen molar-refractivity contribution in [2.45, 2.75) is 83.8 Å². The monoisotopic (exact) mass is 392 g/mol. The summed E-state index contributed by atoms with van der Waals surface area (Å²) in [4.78, 5) is 24.4. The average Bonchev–Trinajstić information content (AvgIpc) is 3.09. The van der Waals surface area contributed by atoms with Crippen LogP contribution >= 0.6 is 0 Å². The predicted molar refractivity (Wildman–Crippen MR) is 104 cm³/mol. The average molecular weight is 393 g/mol. The second-order valence-corrected chi connectivity index (χ2v) is 10.6. The van der Waals surface area contributed by atoms with E-state index in [9.17, 15) is 19.8 Å². The molecule has 5 heteroatoms. The number of ketones is 1. The first-order chi connectivity index (χ1) is 13.2. The maximum atomic E-state index is 13.5. The Labute approximate surface area is 167 Å². The molecule has 4 aliphatic carbocycles. The molecule has 0 radical (unpaired) electrons. The van der Waals surface area contributed by atoms with Crippen molar-refractivity contribution in [2.75, 3.05) is 0 Å². The maximum absolute atomic E-state index is 13.5. The number of Topliss-reactive ketones (excluding diaryl/α,β-unsaturated/α-hetero) is 1. The molecule has 0 aromatic carbocycles. The molecule has 28 heavy (non-hydrogen) atoms. The van der Waals surface area contributed by atoms with Crippen LogP contribution in [0.1, 0.15) is 71.6 Å². The normalized spacial score (nSPS) is 49.1. The van der Waals surface area contributed by atoms with Gasteiger partial charge in [-0.1, -0.05) is 13.8 Å². The van der Waals surface area contributed by atoms with Gasteiger partial charge in [0.1, 0.15) is 6.10 Å². The van der Waals surface area contributed by atoms with E-state index in [4.69, 9.17) is 5.11 Å². The minimum atomic E-state index is -0.895. The largest absolute Gasteiger partial charge is 0.481 e. The molecule has 0 aliphatic heterocycles. The second kappa shape index (κ2) is 7.39. The molecule has 4 saturated carbocycles. The zero-order valence-corrected chi connectivity index (χ0v) is 17.2. The van der Waals surface area contributed by atoms with Gasteiger partial charge in [-0.05, 0) is 92.3 Å². The van der Waals surface area contributed by atoms with Gasteiger partial charge in [0.25, 0.3) is 0 Å². The van der Waals surface area contributed by atoms with Crippen LogP contribution in [0, 0.1) is 46.8 Å². The topological polar surface area (TPSA) is 94.8 Å². The lowest BCUT2D eigenvalue weighted by Gasteiger charge is -2.58. The highest BCUT2D eigenvalue weighted by Crippen LogP contribution is 2.63. The van der Waals surface area contributed by atoms with Crippen molar-refractivity contribution >= 4 is 11.8 Å². The minimum absolute atomic E-state index is 0.00637. The van der Waals surface area contributed by atoms with E-state index in [1.165, 1.54) is 0 Å². The Morgan fingerprint density at radius 1 is 1.14 bits per heavy atom. The van der Waals surface area contributed by atoms with Crippen molar-refractivity contribution < 1.29 is 24.9 Å². The third-order valence-electron chi connectivity index (χ3n) is 9.37. The standard InChI is InChI=1S/C23H36O5/c1-12(3-8-18(25)26)15-6-7-16-17-5-4-13-11-14(24)9-10-23(13,2)20(17)22(28)21(27)19(15)16/h12-17,19-21,24,27H,3-11H2,1-2H3,(H,25,26)/t12?,13?,14?,15?,16-,17-,19+,20+,21?,23-/m0/s1. The van der Waals surface area contributed by atoms with Crippen molar-refractivity contribution in [3.05, 3.63) is 0 Å². The van der Waals surface area contributed by atoms with Crippen LogP contribution in [0.3, 0.4) is 0 Å². The Bertz CT molecular complexity index is 632. The van der Waals surface area contributed by atoms with Crippen LogP contribution in [0.25, 0.3) is 0 Å². The van der Waals surface area contributed by atoms with Gasteiger partial charge in [-0.3, -0.25) is 9.59 Å². The van der Waals surface area contributed by atoms with Crippen LogP contribution < -0.4 is 0 Å². The van der Waals surface area contributed by atoms with Crippen LogP contribution in [0.2, 0.25) is 0 Å². The van der Waals surface area contributed by atoms with E-state index < -0.39 is 12.1 Å². The Hall–Kier alpha value is -0.940. The third-order valence-corrected chi connectivity index (χ3v) is 9.37. The number of aliphatic carboxylic acids is 1. The number of carboxylic acid groups (broad SMARTS) is 1. The molecule has 0 bridgehead atoms. The van der Waals surface area contributed by atoms with Crippen LogP contribution in [-0.2, 0) is 9.59 Å². The highest BCUT2D eigenvalue weighted by atomic mass is 16.4. The Balaban J connectivity index is 1.57. The number of carboxylic acids is 1. The number of carbonyl (C=O) groups excluding carboxylic acids is 1. The van der Waals surface area contributed by atoms with Gasteiger partial charge in [-0.2, -0.15) is 0 Å². The van der Waals surface area contributed by atoms with Crippen molar-refractivity contribution in [1.29, 1.82) is 0 Å². The first-order valence-electron chi connectivity index (χ1n) is 11.4. The van der Waals surface area contributed by atoms with Gasteiger partial charge in [0, 0.05) is 12.3 Å². The minimum Gasteiger partial charge on any atom is -0.481 e. The van der Waals surface area contributed by atoms with Gasteiger partial charge < -0.3 is 15.3 Å². The highest BCUT2D eigenvalue weighted by molar-refractivity contribution is 5.88. The lowest BCUT2D eigenvalue weighted by Crippen LogP contribution is -2.60. The summed E-state index contributed by atoms with van der Waals surface area (Å²) in [5.74, 6) is 0.824. The van der Waals surface area contributed by atoms with Crippen molar-refractivity contribution in [2.24, 2.45) is 46.8 Å². The fraction of sp³-hybridized carbons (Fsp3) is 0.913. The number of carbonyl (C=O) groups is 2. The lowest BCUT2D eigenvalue weighted by atomic mass is 9.46. The fourth-order valence-corrected chi connectivity index (χ4v) is 7.96.